The molecule has 0 radical (unpaired) electrons. The van der Waals surface area contributed by atoms with E-state index in [2.05, 4.69) is 10.1 Å². The predicted octanol–water partition coefficient (Wildman–Crippen LogP) is 2.31. The monoisotopic (exact) mass is 259 g/mol. The Hall–Kier alpha value is -1.88. The van der Waals surface area contributed by atoms with E-state index >= 15 is 0 Å². The molecule has 0 spiro atoms. The van der Waals surface area contributed by atoms with Gasteiger partial charge in [-0.1, -0.05) is 11.2 Å². The van der Waals surface area contributed by atoms with Gasteiger partial charge in [-0.3, -0.25) is 0 Å². The van der Waals surface area contributed by atoms with Crippen molar-refractivity contribution < 1.29 is 9.26 Å². The van der Waals surface area contributed by atoms with Gasteiger partial charge in [-0.15, -0.1) is 0 Å². The second-order valence-corrected chi connectivity index (χ2v) is 4.96. The van der Waals surface area contributed by atoms with Crippen molar-refractivity contribution >= 4 is 5.69 Å². The minimum atomic E-state index is 0.273. The van der Waals surface area contributed by atoms with Crippen LogP contribution in [0.5, 0.6) is 0 Å². The Labute approximate surface area is 112 Å². The lowest BCUT2D eigenvalue weighted by Gasteiger charge is -2.12. The van der Waals surface area contributed by atoms with Crippen LogP contribution in [0.15, 0.2) is 28.8 Å². The van der Waals surface area contributed by atoms with Crippen LogP contribution in [-0.2, 0) is 4.74 Å². The summed E-state index contributed by atoms with van der Waals surface area (Å²) in [6.45, 7) is 1.47. The summed E-state index contributed by atoms with van der Waals surface area (Å²) in [5.74, 6) is 1.60. The van der Waals surface area contributed by atoms with Gasteiger partial charge in [0.25, 0.3) is 5.89 Å². The van der Waals surface area contributed by atoms with E-state index in [-0.39, 0.29) is 5.92 Å². The van der Waals surface area contributed by atoms with Gasteiger partial charge < -0.3 is 14.2 Å². The Balaban J connectivity index is 1.87. The fraction of sp³-hybridized carbons (Fsp3) is 0.429. The van der Waals surface area contributed by atoms with Crippen LogP contribution in [-0.4, -0.2) is 37.4 Å². The van der Waals surface area contributed by atoms with Crippen LogP contribution in [0.3, 0.4) is 0 Å². The van der Waals surface area contributed by atoms with Crippen molar-refractivity contribution in [3.63, 3.8) is 0 Å². The third-order valence-electron chi connectivity index (χ3n) is 3.35. The first-order valence-corrected chi connectivity index (χ1v) is 6.43. The van der Waals surface area contributed by atoms with E-state index in [9.17, 15) is 0 Å². The summed E-state index contributed by atoms with van der Waals surface area (Å²) in [5, 5.41) is 4.07. The van der Waals surface area contributed by atoms with Gasteiger partial charge in [0.05, 0.1) is 6.61 Å². The van der Waals surface area contributed by atoms with Gasteiger partial charge in [-0.05, 0) is 24.6 Å². The number of aromatic nitrogens is 2. The molecule has 2 aromatic rings. The van der Waals surface area contributed by atoms with Crippen molar-refractivity contribution in [3.05, 3.63) is 30.1 Å². The topological polar surface area (TPSA) is 51.4 Å². The molecule has 0 N–H and O–H groups in total. The fourth-order valence-electron chi connectivity index (χ4n) is 2.17. The van der Waals surface area contributed by atoms with E-state index in [0.29, 0.717) is 12.5 Å². The summed E-state index contributed by atoms with van der Waals surface area (Å²) < 4.78 is 10.7. The summed E-state index contributed by atoms with van der Waals surface area (Å²) in [5.41, 5.74) is 2.06. The predicted molar refractivity (Wildman–Crippen MR) is 72.2 cm³/mol. The number of anilines is 1. The maximum absolute atomic E-state index is 5.36. The van der Waals surface area contributed by atoms with E-state index in [1.807, 2.05) is 43.3 Å². The van der Waals surface area contributed by atoms with E-state index in [1.54, 1.807) is 0 Å². The summed E-state index contributed by atoms with van der Waals surface area (Å²) in [6, 6.07) is 8.07. The Morgan fingerprint density at radius 2 is 2.21 bits per heavy atom. The Morgan fingerprint density at radius 3 is 2.95 bits per heavy atom. The molecule has 0 bridgehead atoms. The van der Waals surface area contributed by atoms with Crippen LogP contribution >= 0.6 is 0 Å². The average Bonchev–Trinajstić information content (AvgIpc) is 3.09. The zero-order valence-corrected chi connectivity index (χ0v) is 11.2. The van der Waals surface area contributed by atoms with E-state index in [0.717, 1.165) is 30.1 Å². The lowest BCUT2D eigenvalue weighted by molar-refractivity contribution is 0.192. The minimum Gasteiger partial charge on any atom is -0.381 e. The second kappa shape index (κ2) is 5.01. The zero-order valence-electron chi connectivity index (χ0n) is 11.2. The van der Waals surface area contributed by atoms with Gasteiger partial charge in [-0.25, -0.2) is 0 Å². The van der Waals surface area contributed by atoms with Crippen LogP contribution in [0.4, 0.5) is 5.69 Å². The van der Waals surface area contributed by atoms with Gasteiger partial charge in [0, 0.05) is 37.9 Å². The quantitative estimate of drug-likeness (QED) is 0.846. The SMILES string of the molecule is CN(C)c1cccc(-c2nc([C@H]3CCOC3)no2)c1. The second-order valence-electron chi connectivity index (χ2n) is 4.96. The molecule has 0 aliphatic carbocycles. The van der Waals surface area contributed by atoms with Gasteiger partial charge in [0.15, 0.2) is 5.82 Å². The molecule has 0 unspecified atom stereocenters. The highest BCUT2D eigenvalue weighted by Gasteiger charge is 2.23. The van der Waals surface area contributed by atoms with Crippen molar-refractivity contribution in [1.29, 1.82) is 0 Å². The molecule has 5 heteroatoms. The highest BCUT2D eigenvalue weighted by Crippen LogP contribution is 2.27. The molecule has 1 aromatic carbocycles. The highest BCUT2D eigenvalue weighted by atomic mass is 16.5. The molecular weight excluding hydrogens is 242 g/mol. The molecule has 5 nitrogen and oxygen atoms in total. The van der Waals surface area contributed by atoms with Crippen LogP contribution < -0.4 is 4.90 Å². The number of benzene rings is 1. The molecule has 1 fully saturated rings. The van der Waals surface area contributed by atoms with E-state index < -0.39 is 0 Å². The number of rotatable bonds is 3. The van der Waals surface area contributed by atoms with Crippen LogP contribution in [0.2, 0.25) is 0 Å². The Kier molecular flexibility index (Phi) is 3.21. The number of hydrogen-bond acceptors (Lipinski definition) is 5. The van der Waals surface area contributed by atoms with Gasteiger partial charge in [-0.2, -0.15) is 4.98 Å². The molecule has 100 valence electrons. The molecule has 1 aromatic heterocycles. The molecule has 1 atom stereocenters. The summed E-state index contributed by atoms with van der Waals surface area (Å²) in [4.78, 5) is 6.53. The highest BCUT2D eigenvalue weighted by molar-refractivity contribution is 5.61. The molecule has 19 heavy (non-hydrogen) atoms. The van der Waals surface area contributed by atoms with Crippen LogP contribution in [0.1, 0.15) is 18.2 Å². The molecule has 1 saturated heterocycles. The first kappa shape index (κ1) is 12.2. The van der Waals surface area contributed by atoms with Crippen molar-refractivity contribution in [3.8, 4) is 11.5 Å². The fourth-order valence-corrected chi connectivity index (χ4v) is 2.17. The van der Waals surface area contributed by atoms with Crippen LogP contribution in [0.25, 0.3) is 11.5 Å². The first-order chi connectivity index (χ1) is 9.24. The molecule has 1 aliphatic heterocycles. The maximum Gasteiger partial charge on any atom is 0.258 e. The van der Waals surface area contributed by atoms with Gasteiger partial charge >= 0.3 is 0 Å². The molecule has 0 saturated carbocycles. The first-order valence-electron chi connectivity index (χ1n) is 6.43. The lowest BCUT2D eigenvalue weighted by atomic mass is 10.1. The zero-order chi connectivity index (χ0) is 13.2. The van der Waals surface area contributed by atoms with Crippen molar-refractivity contribution in [2.75, 3.05) is 32.2 Å². The summed E-state index contributed by atoms with van der Waals surface area (Å²) in [7, 11) is 4.02. The third kappa shape index (κ3) is 2.46. The average molecular weight is 259 g/mol. The van der Waals surface area contributed by atoms with Gasteiger partial charge in [0.2, 0.25) is 0 Å². The third-order valence-corrected chi connectivity index (χ3v) is 3.35. The minimum absolute atomic E-state index is 0.273. The molecule has 0 amide bonds. The number of hydrogen-bond donors (Lipinski definition) is 0. The Bertz CT molecular complexity index is 559. The maximum atomic E-state index is 5.36. The van der Waals surface area contributed by atoms with Crippen molar-refractivity contribution in [2.45, 2.75) is 12.3 Å². The molecule has 1 aliphatic rings. The molecule has 2 heterocycles. The normalized spacial score (nSPS) is 18.7. The van der Waals surface area contributed by atoms with Gasteiger partial charge in [0.1, 0.15) is 0 Å². The largest absolute Gasteiger partial charge is 0.381 e. The molecule has 3 rings (SSSR count). The number of ether oxygens (including phenoxy) is 1. The van der Waals surface area contributed by atoms with Crippen molar-refractivity contribution in [1.82, 2.24) is 10.1 Å². The standard InChI is InChI=1S/C14H17N3O2/c1-17(2)12-5-3-4-10(8-12)14-15-13(16-19-14)11-6-7-18-9-11/h3-5,8,11H,6-7,9H2,1-2H3/t11-/m0/s1. The van der Waals surface area contributed by atoms with E-state index in [1.165, 1.54) is 0 Å². The summed E-state index contributed by atoms with van der Waals surface area (Å²) in [6.07, 6.45) is 0.969. The molecular formula is C14H17N3O2. The Morgan fingerprint density at radius 1 is 1.32 bits per heavy atom. The number of nitrogens with zero attached hydrogens (tertiary/aromatic N) is 3. The van der Waals surface area contributed by atoms with E-state index in [4.69, 9.17) is 9.26 Å². The lowest BCUT2D eigenvalue weighted by Crippen LogP contribution is -2.08. The summed E-state index contributed by atoms with van der Waals surface area (Å²) >= 11 is 0. The smallest absolute Gasteiger partial charge is 0.258 e. The van der Waals surface area contributed by atoms with Crippen molar-refractivity contribution in [2.24, 2.45) is 0 Å². The van der Waals surface area contributed by atoms with Crippen LogP contribution in [0, 0.1) is 0 Å².